The number of hydrogen-bond donors (Lipinski definition) is 2. The van der Waals surface area contributed by atoms with Crippen molar-refractivity contribution in [1.82, 2.24) is 5.32 Å². The molecule has 1 aliphatic rings. The van der Waals surface area contributed by atoms with Crippen LogP contribution in [0.5, 0.6) is 0 Å². The van der Waals surface area contributed by atoms with Gasteiger partial charge in [-0.1, -0.05) is 13.0 Å². The third kappa shape index (κ3) is 2.98. The van der Waals surface area contributed by atoms with Gasteiger partial charge in [0, 0.05) is 11.7 Å². The van der Waals surface area contributed by atoms with Gasteiger partial charge < -0.3 is 10.6 Å². The van der Waals surface area contributed by atoms with E-state index in [1.807, 2.05) is 13.8 Å². The van der Waals surface area contributed by atoms with E-state index in [-0.39, 0.29) is 17.9 Å². The zero-order valence-corrected chi connectivity index (χ0v) is 11.7. The summed E-state index contributed by atoms with van der Waals surface area (Å²) in [5.74, 6) is -1.01. The standard InChI is InChI=1S/C15H19FN2O2/c1-3-10(2)17-13(19)15(7-8-15)14(20)18-12-6-4-5-11(16)9-12/h4-6,9-10H,3,7-8H2,1-2H3,(H,17,19)(H,18,20). The first kappa shape index (κ1) is 14.5. The zero-order valence-electron chi connectivity index (χ0n) is 11.7. The van der Waals surface area contributed by atoms with Gasteiger partial charge in [-0.2, -0.15) is 0 Å². The fourth-order valence-corrected chi connectivity index (χ4v) is 1.96. The van der Waals surface area contributed by atoms with Crippen LogP contribution in [-0.4, -0.2) is 17.9 Å². The molecule has 0 heterocycles. The van der Waals surface area contributed by atoms with Crippen molar-refractivity contribution < 1.29 is 14.0 Å². The van der Waals surface area contributed by atoms with Gasteiger partial charge in [0.1, 0.15) is 11.2 Å². The largest absolute Gasteiger partial charge is 0.353 e. The van der Waals surface area contributed by atoms with E-state index in [9.17, 15) is 14.0 Å². The summed E-state index contributed by atoms with van der Waals surface area (Å²) in [4.78, 5) is 24.4. The second-order valence-corrected chi connectivity index (χ2v) is 5.33. The van der Waals surface area contributed by atoms with Gasteiger partial charge in [0.15, 0.2) is 0 Å². The zero-order chi connectivity index (χ0) is 14.8. The van der Waals surface area contributed by atoms with E-state index in [1.54, 1.807) is 6.07 Å². The third-order valence-electron chi connectivity index (χ3n) is 3.69. The number of carbonyl (C=O) groups excluding carboxylic acids is 2. The molecule has 0 bridgehead atoms. The Bertz CT molecular complexity index is 526. The summed E-state index contributed by atoms with van der Waals surface area (Å²) < 4.78 is 13.1. The van der Waals surface area contributed by atoms with E-state index >= 15 is 0 Å². The molecule has 1 atom stereocenters. The topological polar surface area (TPSA) is 58.2 Å². The predicted molar refractivity (Wildman–Crippen MR) is 74.6 cm³/mol. The molecule has 108 valence electrons. The van der Waals surface area contributed by atoms with Gasteiger partial charge in [0.25, 0.3) is 0 Å². The Labute approximate surface area is 117 Å². The Morgan fingerprint density at radius 2 is 2.05 bits per heavy atom. The molecule has 2 N–H and O–H groups in total. The van der Waals surface area contributed by atoms with Crippen LogP contribution in [0.1, 0.15) is 33.1 Å². The van der Waals surface area contributed by atoms with Gasteiger partial charge in [-0.15, -0.1) is 0 Å². The average Bonchev–Trinajstić information content (AvgIpc) is 3.20. The maximum Gasteiger partial charge on any atom is 0.240 e. The summed E-state index contributed by atoms with van der Waals surface area (Å²) in [6.45, 7) is 3.87. The minimum Gasteiger partial charge on any atom is -0.353 e. The van der Waals surface area contributed by atoms with Gasteiger partial charge in [-0.25, -0.2) is 4.39 Å². The van der Waals surface area contributed by atoms with Crippen molar-refractivity contribution in [3.8, 4) is 0 Å². The van der Waals surface area contributed by atoms with Crippen LogP contribution in [0.25, 0.3) is 0 Å². The average molecular weight is 278 g/mol. The predicted octanol–water partition coefficient (Wildman–Crippen LogP) is 2.46. The quantitative estimate of drug-likeness (QED) is 0.813. The lowest BCUT2D eigenvalue weighted by Crippen LogP contribution is -2.43. The summed E-state index contributed by atoms with van der Waals surface area (Å²) in [6, 6.07) is 5.70. The molecule has 0 saturated heterocycles. The van der Waals surface area contributed by atoms with Crippen molar-refractivity contribution in [2.45, 2.75) is 39.2 Å². The van der Waals surface area contributed by atoms with Crippen LogP contribution in [0.4, 0.5) is 10.1 Å². The van der Waals surface area contributed by atoms with E-state index in [0.29, 0.717) is 18.5 Å². The molecule has 2 amide bonds. The second kappa shape index (κ2) is 5.61. The maximum absolute atomic E-state index is 13.1. The third-order valence-corrected chi connectivity index (χ3v) is 3.69. The lowest BCUT2D eigenvalue weighted by Gasteiger charge is -2.18. The molecule has 0 aliphatic heterocycles. The molecule has 1 saturated carbocycles. The van der Waals surface area contributed by atoms with Crippen LogP contribution in [0.2, 0.25) is 0 Å². The summed E-state index contributed by atoms with van der Waals surface area (Å²) in [5, 5.41) is 5.45. The molecule has 1 aliphatic carbocycles. The SMILES string of the molecule is CCC(C)NC(=O)C1(C(=O)Nc2cccc(F)c2)CC1. The molecule has 0 radical (unpaired) electrons. The van der Waals surface area contributed by atoms with Crippen molar-refractivity contribution in [3.63, 3.8) is 0 Å². The maximum atomic E-state index is 13.1. The molecule has 20 heavy (non-hydrogen) atoms. The second-order valence-electron chi connectivity index (χ2n) is 5.33. The smallest absolute Gasteiger partial charge is 0.240 e. The highest BCUT2D eigenvalue weighted by molar-refractivity contribution is 6.13. The van der Waals surface area contributed by atoms with Crippen molar-refractivity contribution in [3.05, 3.63) is 30.1 Å². The van der Waals surface area contributed by atoms with Crippen LogP contribution < -0.4 is 10.6 Å². The van der Waals surface area contributed by atoms with Crippen LogP contribution in [0.3, 0.4) is 0 Å². The van der Waals surface area contributed by atoms with Crippen LogP contribution >= 0.6 is 0 Å². The molecular formula is C15H19FN2O2. The fraction of sp³-hybridized carbons (Fsp3) is 0.467. The minimum absolute atomic E-state index is 0.0435. The molecule has 0 aromatic heterocycles. The molecule has 1 aromatic rings. The van der Waals surface area contributed by atoms with Crippen LogP contribution in [0.15, 0.2) is 24.3 Å². The highest BCUT2D eigenvalue weighted by Crippen LogP contribution is 2.47. The number of rotatable bonds is 5. The molecule has 5 heteroatoms. The van der Waals surface area contributed by atoms with Gasteiger partial charge in [0.2, 0.25) is 11.8 Å². The highest BCUT2D eigenvalue weighted by atomic mass is 19.1. The molecular weight excluding hydrogens is 259 g/mol. The summed E-state index contributed by atoms with van der Waals surface area (Å²) in [5.41, 5.74) is -0.604. The Kier molecular flexibility index (Phi) is 4.06. The minimum atomic E-state index is -0.976. The number of anilines is 1. The van der Waals surface area contributed by atoms with E-state index in [2.05, 4.69) is 10.6 Å². The monoisotopic (exact) mass is 278 g/mol. The first-order valence-electron chi connectivity index (χ1n) is 6.86. The lowest BCUT2D eigenvalue weighted by atomic mass is 10.0. The fourth-order valence-electron chi connectivity index (χ4n) is 1.96. The van der Waals surface area contributed by atoms with Crippen molar-refractivity contribution in [2.24, 2.45) is 5.41 Å². The molecule has 1 fully saturated rings. The molecule has 1 unspecified atom stereocenters. The Balaban J connectivity index is 2.03. The number of halogens is 1. The van der Waals surface area contributed by atoms with Crippen molar-refractivity contribution in [1.29, 1.82) is 0 Å². The van der Waals surface area contributed by atoms with Gasteiger partial charge in [0.05, 0.1) is 0 Å². The van der Waals surface area contributed by atoms with E-state index in [0.717, 1.165) is 6.42 Å². The van der Waals surface area contributed by atoms with E-state index < -0.39 is 11.2 Å². The molecule has 4 nitrogen and oxygen atoms in total. The Hall–Kier alpha value is -1.91. The van der Waals surface area contributed by atoms with Crippen molar-refractivity contribution in [2.75, 3.05) is 5.32 Å². The number of benzene rings is 1. The van der Waals surface area contributed by atoms with Crippen molar-refractivity contribution >= 4 is 17.5 Å². The van der Waals surface area contributed by atoms with Gasteiger partial charge >= 0.3 is 0 Å². The first-order chi connectivity index (χ1) is 9.48. The Morgan fingerprint density at radius 1 is 1.35 bits per heavy atom. The van der Waals surface area contributed by atoms with Crippen LogP contribution in [-0.2, 0) is 9.59 Å². The number of amides is 2. The molecule has 0 spiro atoms. The van der Waals surface area contributed by atoms with E-state index in [4.69, 9.17) is 0 Å². The van der Waals surface area contributed by atoms with Crippen LogP contribution in [0, 0.1) is 11.2 Å². The van der Waals surface area contributed by atoms with Gasteiger partial charge in [-0.05, 0) is 44.4 Å². The first-order valence-corrected chi connectivity index (χ1v) is 6.86. The molecule has 2 rings (SSSR count). The van der Waals surface area contributed by atoms with Gasteiger partial charge in [-0.3, -0.25) is 9.59 Å². The highest BCUT2D eigenvalue weighted by Gasteiger charge is 2.56. The normalized spacial score (nSPS) is 17.1. The summed E-state index contributed by atoms with van der Waals surface area (Å²) >= 11 is 0. The lowest BCUT2D eigenvalue weighted by molar-refractivity contribution is -0.134. The Morgan fingerprint density at radius 3 is 2.60 bits per heavy atom. The number of nitrogens with one attached hydrogen (secondary N) is 2. The van der Waals surface area contributed by atoms with E-state index in [1.165, 1.54) is 18.2 Å². The number of carbonyl (C=O) groups is 2. The number of hydrogen-bond acceptors (Lipinski definition) is 2. The summed E-state index contributed by atoms with van der Waals surface area (Å²) in [7, 11) is 0. The summed E-state index contributed by atoms with van der Waals surface area (Å²) in [6.07, 6.45) is 1.89. The molecule has 1 aromatic carbocycles.